The molecular weight excluding hydrogens is 290 g/mol. The van der Waals surface area contributed by atoms with Gasteiger partial charge >= 0.3 is 0 Å². The first kappa shape index (κ1) is 15.2. The van der Waals surface area contributed by atoms with Crippen molar-refractivity contribution in [3.8, 4) is 6.07 Å². The SMILES string of the molecule is N#C[C@@H]1[C@@H](c2ccccc2)[C@@H](CO)N1C(=O)Cc1ccccn1. The molecule has 0 spiro atoms. The maximum atomic E-state index is 12.5. The first-order chi connectivity index (χ1) is 11.3. The number of rotatable bonds is 4. The Morgan fingerprint density at radius 3 is 2.57 bits per heavy atom. The van der Waals surface area contributed by atoms with E-state index in [1.165, 1.54) is 4.90 Å². The van der Waals surface area contributed by atoms with Crippen molar-refractivity contribution in [1.29, 1.82) is 5.26 Å². The van der Waals surface area contributed by atoms with E-state index in [2.05, 4.69) is 11.1 Å². The number of aliphatic hydroxyl groups excluding tert-OH is 1. The third kappa shape index (κ3) is 2.81. The molecule has 1 aliphatic heterocycles. The number of likely N-dealkylation sites (tertiary alicyclic amines) is 1. The summed E-state index contributed by atoms with van der Waals surface area (Å²) >= 11 is 0. The molecule has 1 aromatic carbocycles. The van der Waals surface area contributed by atoms with Crippen LogP contribution in [0.25, 0.3) is 0 Å². The van der Waals surface area contributed by atoms with Crippen molar-refractivity contribution in [3.05, 3.63) is 66.0 Å². The Kier molecular flexibility index (Phi) is 4.35. The number of hydrogen-bond donors (Lipinski definition) is 1. The molecule has 5 heteroatoms. The summed E-state index contributed by atoms with van der Waals surface area (Å²) in [5.74, 6) is -0.333. The van der Waals surface area contributed by atoms with E-state index in [1.807, 2.05) is 36.4 Å². The summed E-state index contributed by atoms with van der Waals surface area (Å²) in [7, 11) is 0. The van der Waals surface area contributed by atoms with Gasteiger partial charge in [0.2, 0.25) is 5.91 Å². The number of aliphatic hydroxyl groups is 1. The Balaban J connectivity index is 1.80. The quantitative estimate of drug-likeness (QED) is 0.928. The van der Waals surface area contributed by atoms with Crippen LogP contribution in [0.1, 0.15) is 17.2 Å². The van der Waals surface area contributed by atoms with Gasteiger partial charge < -0.3 is 10.0 Å². The number of carbonyl (C=O) groups is 1. The monoisotopic (exact) mass is 307 g/mol. The highest BCUT2D eigenvalue weighted by Crippen LogP contribution is 2.40. The number of benzene rings is 1. The number of nitrogens with zero attached hydrogens (tertiary/aromatic N) is 3. The molecule has 1 aromatic heterocycles. The van der Waals surface area contributed by atoms with Gasteiger partial charge in [0, 0.05) is 17.8 Å². The second-order valence-electron chi connectivity index (χ2n) is 5.56. The van der Waals surface area contributed by atoms with E-state index in [-0.39, 0.29) is 30.9 Å². The second-order valence-corrected chi connectivity index (χ2v) is 5.56. The molecule has 0 saturated carbocycles. The maximum Gasteiger partial charge on any atom is 0.230 e. The molecule has 5 nitrogen and oxygen atoms in total. The normalized spacial score (nSPS) is 23.0. The average Bonchev–Trinajstić information content (AvgIpc) is 2.56. The van der Waals surface area contributed by atoms with Crippen LogP contribution in [0.2, 0.25) is 0 Å². The third-order valence-electron chi connectivity index (χ3n) is 4.26. The van der Waals surface area contributed by atoms with E-state index in [0.717, 1.165) is 5.56 Å². The predicted molar refractivity (Wildman–Crippen MR) is 84.2 cm³/mol. The summed E-state index contributed by atoms with van der Waals surface area (Å²) in [5.41, 5.74) is 1.63. The minimum atomic E-state index is -0.550. The van der Waals surface area contributed by atoms with Crippen molar-refractivity contribution < 1.29 is 9.90 Å². The second kappa shape index (κ2) is 6.59. The predicted octanol–water partition coefficient (Wildman–Crippen LogP) is 1.50. The first-order valence-electron chi connectivity index (χ1n) is 7.52. The molecule has 3 atom stereocenters. The Morgan fingerprint density at radius 2 is 1.96 bits per heavy atom. The van der Waals surface area contributed by atoms with Gasteiger partial charge in [-0.2, -0.15) is 5.26 Å². The fraction of sp³-hybridized carbons (Fsp3) is 0.278. The number of carbonyl (C=O) groups excluding carboxylic acids is 1. The molecule has 0 aliphatic carbocycles. The largest absolute Gasteiger partial charge is 0.394 e. The number of aromatic nitrogens is 1. The summed E-state index contributed by atoms with van der Waals surface area (Å²) in [6.45, 7) is -0.161. The lowest BCUT2D eigenvalue weighted by atomic mass is 9.75. The van der Waals surface area contributed by atoms with Gasteiger partial charge in [-0.1, -0.05) is 36.4 Å². The molecule has 2 aromatic rings. The Bertz CT molecular complexity index is 712. The highest BCUT2D eigenvalue weighted by Gasteiger charge is 2.51. The van der Waals surface area contributed by atoms with E-state index in [0.29, 0.717) is 5.69 Å². The van der Waals surface area contributed by atoms with Gasteiger partial charge in [0.05, 0.1) is 25.1 Å². The average molecular weight is 307 g/mol. The lowest BCUT2D eigenvalue weighted by molar-refractivity contribution is -0.146. The molecule has 0 bridgehead atoms. The van der Waals surface area contributed by atoms with E-state index in [1.54, 1.807) is 18.3 Å². The maximum absolute atomic E-state index is 12.5. The van der Waals surface area contributed by atoms with E-state index < -0.39 is 6.04 Å². The smallest absolute Gasteiger partial charge is 0.230 e. The Hall–Kier alpha value is -2.71. The summed E-state index contributed by atoms with van der Waals surface area (Å²) in [6.07, 6.45) is 1.77. The topological polar surface area (TPSA) is 77.2 Å². The zero-order valence-corrected chi connectivity index (χ0v) is 12.5. The van der Waals surface area contributed by atoms with Gasteiger partial charge in [0.25, 0.3) is 0 Å². The van der Waals surface area contributed by atoms with Gasteiger partial charge in [-0.15, -0.1) is 0 Å². The molecular formula is C18H17N3O2. The van der Waals surface area contributed by atoms with Gasteiger partial charge in [0.1, 0.15) is 6.04 Å². The van der Waals surface area contributed by atoms with Gasteiger partial charge in [-0.05, 0) is 17.7 Å². The Morgan fingerprint density at radius 1 is 1.22 bits per heavy atom. The van der Waals surface area contributed by atoms with Gasteiger partial charge in [-0.25, -0.2) is 0 Å². The van der Waals surface area contributed by atoms with Gasteiger partial charge in [-0.3, -0.25) is 9.78 Å². The molecule has 1 amide bonds. The van der Waals surface area contributed by atoms with Crippen molar-refractivity contribution in [2.75, 3.05) is 6.61 Å². The fourth-order valence-electron chi connectivity index (χ4n) is 3.17. The van der Waals surface area contributed by atoms with E-state index in [9.17, 15) is 15.2 Å². The summed E-state index contributed by atoms with van der Waals surface area (Å²) < 4.78 is 0. The van der Waals surface area contributed by atoms with Crippen molar-refractivity contribution in [1.82, 2.24) is 9.88 Å². The number of pyridine rings is 1. The molecule has 116 valence electrons. The molecule has 1 N–H and O–H groups in total. The third-order valence-corrected chi connectivity index (χ3v) is 4.26. The number of amides is 1. The van der Waals surface area contributed by atoms with Gasteiger partial charge in [0.15, 0.2) is 0 Å². The number of nitriles is 1. The zero-order valence-electron chi connectivity index (χ0n) is 12.5. The lowest BCUT2D eigenvalue weighted by Gasteiger charge is -2.51. The van der Waals surface area contributed by atoms with E-state index >= 15 is 0 Å². The molecule has 0 radical (unpaired) electrons. The highest BCUT2D eigenvalue weighted by molar-refractivity contribution is 5.81. The summed E-state index contributed by atoms with van der Waals surface area (Å²) in [4.78, 5) is 18.2. The summed E-state index contributed by atoms with van der Waals surface area (Å²) in [5, 5.41) is 19.2. The van der Waals surface area contributed by atoms with Crippen LogP contribution in [0.4, 0.5) is 0 Å². The van der Waals surface area contributed by atoms with Crippen LogP contribution in [0.5, 0.6) is 0 Å². The van der Waals surface area contributed by atoms with Crippen LogP contribution in [-0.2, 0) is 11.2 Å². The van der Waals surface area contributed by atoms with Crippen LogP contribution in [0.3, 0.4) is 0 Å². The molecule has 0 unspecified atom stereocenters. The Labute approximate surface area is 134 Å². The standard InChI is InChI=1S/C18H17N3O2/c19-11-15-18(13-6-2-1-3-7-13)16(12-22)21(15)17(23)10-14-8-4-5-9-20-14/h1-9,15-16,18,22H,10,12H2/t15-,16-,18-/m1/s1. The number of hydrogen-bond acceptors (Lipinski definition) is 4. The molecule has 23 heavy (non-hydrogen) atoms. The van der Waals surface area contributed by atoms with Crippen LogP contribution < -0.4 is 0 Å². The van der Waals surface area contributed by atoms with E-state index in [4.69, 9.17) is 0 Å². The molecule has 3 rings (SSSR count). The van der Waals surface area contributed by atoms with Crippen molar-refractivity contribution in [2.45, 2.75) is 24.4 Å². The van der Waals surface area contributed by atoms with Crippen molar-refractivity contribution in [2.24, 2.45) is 0 Å². The van der Waals surface area contributed by atoms with Crippen LogP contribution in [0, 0.1) is 11.3 Å². The summed E-state index contributed by atoms with van der Waals surface area (Å²) in [6, 6.07) is 16.2. The minimum Gasteiger partial charge on any atom is -0.394 e. The fourth-order valence-corrected chi connectivity index (χ4v) is 3.17. The van der Waals surface area contributed by atoms with Crippen molar-refractivity contribution >= 4 is 5.91 Å². The molecule has 1 aliphatic rings. The molecule has 2 heterocycles. The van der Waals surface area contributed by atoms with Crippen LogP contribution in [0.15, 0.2) is 54.7 Å². The minimum absolute atomic E-state index is 0.136. The first-order valence-corrected chi connectivity index (χ1v) is 7.52. The van der Waals surface area contributed by atoms with Crippen molar-refractivity contribution in [3.63, 3.8) is 0 Å². The molecule has 1 saturated heterocycles. The molecule has 1 fully saturated rings. The van der Waals surface area contributed by atoms with Crippen LogP contribution in [-0.4, -0.2) is 39.6 Å². The van der Waals surface area contributed by atoms with Crippen LogP contribution >= 0.6 is 0 Å². The highest BCUT2D eigenvalue weighted by atomic mass is 16.3. The lowest BCUT2D eigenvalue weighted by Crippen LogP contribution is -2.65. The zero-order chi connectivity index (χ0) is 16.2.